The van der Waals surface area contributed by atoms with Crippen LogP contribution in [0.15, 0.2) is 44.2 Å². The number of fused-ring (bicyclic) bond motifs is 2. The number of benzene rings is 1. The molecule has 1 aromatic carbocycles. The summed E-state index contributed by atoms with van der Waals surface area (Å²) < 4.78 is 22.0. The van der Waals surface area contributed by atoms with Gasteiger partial charge in [-0.05, 0) is 32.0 Å². The topological polar surface area (TPSA) is 65.1 Å². The molecule has 0 aliphatic carbocycles. The summed E-state index contributed by atoms with van der Waals surface area (Å²) >= 11 is 0. The molecular formula is C15H12O5. The van der Waals surface area contributed by atoms with E-state index in [1.54, 1.807) is 12.3 Å². The molecule has 0 spiro atoms. The van der Waals surface area contributed by atoms with Crippen LogP contribution in [0.1, 0.15) is 13.8 Å². The maximum absolute atomic E-state index is 11.5. The van der Waals surface area contributed by atoms with Crippen molar-refractivity contribution < 1.29 is 18.3 Å². The molecule has 3 aromatic rings. The molecule has 0 unspecified atom stereocenters. The summed E-state index contributed by atoms with van der Waals surface area (Å²) in [5, 5.41) is 1.67. The monoisotopic (exact) mass is 272 g/mol. The van der Waals surface area contributed by atoms with Crippen LogP contribution in [0.4, 0.5) is 0 Å². The van der Waals surface area contributed by atoms with E-state index >= 15 is 0 Å². The van der Waals surface area contributed by atoms with E-state index in [1.165, 1.54) is 6.07 Å². The van der Waals surface area contributed by atoms with E-state index in [2.05, 4.69) is 0 Å². The molecule has 1 aliphatic rings. The number of hydrogen-bond acceptors (Lipinski definition) is 5. The number of ether oxygens (including phenoxy) is 2. The van der Waals surface area contributed by atoms with E-state index < -0.39 is 5.63 Å². The van der Waals surface area contributed by atoms with Gasteiger partial charge in [-0.2, -0.15) is 0 Å². The van der Waals surface area contributed by atoms with Crippen LogP contribution in [0.2, 0.25) is 0 Å². The molecule has 1 atom stereocenters. The first-order valence-corrected chi connectivity index (χ1v) is 6.33. The maximum atomic E-state index is 11.5. The third-order valence-corrected chi connectivity index (χ3v) is 3.43. The van der Waals surface area contributed by atoms with Gasteiger partial charge in [-0.15, -0.1) is 0 Å². The molecule has 2 aromatic heterocycles. The minimum Gasteiger partial charge on any atom is -0.460 e. The van der Waals surface area contributed by atoms with Gasteiger partial charge in [0.1, 0.15) is 5.60 Å². The maximum Gasteiger partial charge on any atom is 0.336 e. The van der Waals surface area contributed by atoms with Crippen molar-refractivity contribution in [3.63, 3.8) is 0 Å². The number of epoxide rings is 1. The zero-order chi connectivity index (χ0) is 13.9. The highest BCUT2D eigenvalue weighted by molar-refractivity contribution is 5.99. The molecule has 102 valence electrons. The van der Waals surface area contributed by atoms with Crippen molar-refractivity contribution in [2.24, 2.45) is 0 Å². The Labute approximate surface area is 113 Å². The fourth-order valence-corrected chi connectivity index (χ4v) is 2.23. The summed E-state index contributed by atoms with van der Waals surface area (Å²) in [5.74, 6) is 0.413. The summed E-state index contributed by atoms with van der Waals surface area (Å²) in [7, 11) is 0. The quantitative estimate of drug-likeness (QED) is 0.530. The molecule has 1 aliphatic heterocycles. The molecule has 0 radical (unpaired) electrons. The van der Waals surface area contributed by atoms with Gasteiger partial charge in [0.15, 0.2) is 11.2 Å². The minimum absolute atomic E-state index is 0.337. The first-order chi connectivity index (χ1) is 9.54. The van der Waals surface area contributed by atoms with Crippen LogP contribution in [-0.4, -0.2) is 11.9 Å². The van der Waals surface area contributed by atoms with E-state index in [1.807, 2.05) is 26.0 Å². The van der Waals surface area contributed by atoms with Gasteiger partial charge in [-0.1, -0.05) is 0 Å². The van der Waals surface area contributed by atoms with E-state index in [0.29, 0.717) is 16.9 Å². The molecule has 5 heteroatoms. The van der Waals surface area contributed by atoms with E-state index in [0.717, 1.165) is 10.8 Å². The van der Waals surface area contributed by atoms with E-state index in [-0.39, 0.29) is 11.9 Å². The number of furan rings is 1. The minimum atomic E-state index is -0.427. The average molecular weight is 272 g/mol. The Balaban J connectivity index is 1.99. The number of rotatable bonds is 2. The Hall–Kier alpha value is -2.27. The van der Waals surface area contributed by atoms with Gasteiger partial charge >= 0.3 is 5.63 Å². The fourth-order valence-electron chi connectivity index (χ4n) is 2.23. The summed E-state index contributed by atoms with van der Waals surface area (Å²) in [6.07, 6.45) is 1.21. The Bertz CT molecular complexity index is 871. The highest BCUT2D eigenvalue weighted by Crippen LogP contribution is 2.42. The lowest BCUT2D eigenvalue weighted by Crippen LogP contribution is -2.10. The van der Waals surface area contributed by atoms with Gasteiger partial charge in [0.2, 0.25) is 12.0 Å². The summed E-state index contributed by atoms with van der Waals surface area (Å²) in [5.41, 5.74) is 0.171. The summed E-state index contributed by atoms with van der Waals surface area (Å²) in [4.78, 5) is 11.5. The standard InChI is InChI=1S/C15H12O5/c1-15(2)14(20-15)19-13-11-9(5-6-17-11)7-8-3-4-10(16)18-12(8)13/h3-7,14H,1-2H3/t14-/m1/s1. The van der Waals surface area contributed by atoms with Crippen molar-refractivity contribution >= 4 is 21.9 Å². The zero-order valence-corrected chi connectivity index (χ0v) is 11.0. The summed E-state index contributed by atoms with van der Waals surface area (Å²) in [6.45, 7) is 3.86. The van der Waals surface area contributed by atoms with E-state index in [4.69, 9.17) is 18.3 Å². The molecule has 3 heterocycles. The first-order valence-electron chi connectivity index (χ1n) is 6.33. The molecular weight excluding hydrogens is 260 g/mol. The van der Waals surface area contributed by atoms with Crippen molar-refractivity contribution in [2.45, 2.75) is 25.7 Å². The van der Waals surface area contributed by atoms with Crippen LogP contribution in [0.3, 0.4) is 0 Å². The molecule has 0 amide bonds. The van der Waals surface area contributed by atoms with Crippen LogP contribution >= 0.6 is 0 Å². The molecule has 1 saturated heterocycles. The van der Waals surface area contributed by atoms with Crippen molar-refractivity contribution in [3.05, 3.63) is 40.9 Å². The van der Waals surface area contributed by atoms with Crippen LogP contribution in [0.25, 0.3) is 21.9 Å². The van der Waals surface area contributed by atoms with Crippen molar-refractivity contribution in [3.8, 4) is 5.75 Å². The lowest BCUT2D eigenvalue weighted by molar-refractivity contribution is 0.177. The molecule has 0 N–H and O–H groups in total. The second-order valence-electron chi connectivity index (χ2n) is 5.39. The highest BCUT2D eigenvalue weighted by Gasteiger charge is 2.51. The van der Waals surface area contributed by atoms with Crippen molar-refractivity contribution in [2.75, 3.05) is 0 Å². The largest absolute Gasteiger partial charge is 0.460 e. The van der Waals surface area contributed by atoms with Crippen molar-refractivity contribution in [1.82, 2.24) is 0 Å². The van der Waals surface area contributed by atoms with Crippen LogP contribution in [-0.2, 0) is 4.74 Å². The lowest BCUT2D eigenvalue weighted by atomic mass is 10.1. The van der Waals surface area contributed by atoms with Gasteiger partial charge < -0.3 is 18.3 Å². The summed E-state index contributed by atoms with van der Waals surface area (Å²) in [6, 6.07) is 6.82. The zero-order valence-electron chi connectivity index (χ0n) is 11.0. The third kappa shape index (κ3) is 1.63. The molecule has 0 bridgehead atoms. The van der Waals surface area contributed by atoms with E-state index in [9.17, 15) is 4.79 Å². The predicted molar refractivity (Wildman–Crippen MR) is 71.8 cm³/mol. The van der Waals surface area contributed by atoms with Crippen LogP contribution in [0.5, 0.6) is 5.75 Å². The van der Waals surface area contributed by atoms with Crippen LogP contribution in [0, 0.1) is 0 Å². The molecule has 1 fully saturated rings. The fraction of sp³-hybridized carbons (Fsp3) is 0.267. The molecule has 0 saturated carbocycles. The van der Waals surface area contributed by atoms with Crippen molar-refractivity contribution in [1.29, 1.82) is 0 Å². The van der Waals surface area contributed by atoms with Gasteiger partial charge in [0, 0.05) is 16.8 Å². The van der Waals surface area contributed by atoms with Gasteiger partial charge in [-0.3, -0.25) is 0 Å². The Morgan fingerprint density at radius 2 is 1.90 bits per heavy atom. The Morgan fingerprint density at radius 3 is 2.65 bits per heavy atom. The Morgan fingerprint density at radius 1 is 1.15 bits per heavy atom. The molecule has 4 rings (SSSR count). The Kier molecular flexibility index (Phi) is 2.10. The predicted octanol–water partition coefficient (Wildman–Crippen LogP) is 3.05. The molecule has 5 nitrogen and oxygen atoms in total. The smallest absolute Gasteiger partial charge is 0.336 e. The average Bonchev–Trinajstić information content (AvgIpc) is 2.82. The van der Waals surface area contributed by atoms with Gasteiger partial charge in [0.05, 0.1) is 6.26 Å². The van der Waals surface area contributed by atoms with Gasteiger partial charge in [0.25, 0.3) is 0 Å². The second kappa shape index (κ2) is 3.64. The second-order valence-corrected chi connectivity index (χ2v) is 5.39. The highest BCUT2D eigenvalue weighted by atomic mass is 16.8. The number of hydrogen-bond donors (Lipinski definition) is 0. The SMILES string of the molecule is CC1(C)O[C@H]1Oc1c2occc2cc2ccc(=O)oc12. The van der Waals surface area contributed by atoms with Gasteiger partial charge in [-0.25, -0.2) is 4.79 Å². The third-order valence-electron chi connectivity index (χ3n) is 3.43. The normalized spacial score (nSPS) is 20.4. The lowest BCUT2D eigenvalue weighted by Gasteiger charge is -2.07. The first kappa shape index (κ1) is 11.5. The van der Waals surface area contributed by atoms with Crippen LogP contribution < -0.4 is 10.4 Å². The molecule has 20 heavy (non-hydrogen) atoms.